The fourth-order valence-corrected chi connectivity index (χ4v) is 4.51. The lowest BCUT2D eigenvalue weighted by molar-refractivity contribution is -0.113. The molecule has 1 aromatic heterocycles. The molecule has 0 fully saturated rings. The maximum atomic E-state index is 12.2. The number of carbonyl (C=O) groups excluding carboxylic acids is 1. The molecule has 1 aromatic carbocycles. The van der Waals surface area contributed by atoms with E-state index < -0.39 is 21.5 Å². The Kier molecular flexibility index (Phi) is 5.51. The third-order valence-electron chi connectivity index (χ3n) is 2.86. The molecule has 0 spiro atoms. The maximum absolute atomic E-state index is 12.2. The summed E-state index contributed by atoms with van der Waals surface area (Å²) in [4.78, 5) is 12.1. The van der Waals surface area contributed by atoms with Crippen molar-refractivity contribution >= 4 is 44.4 Å². The molecule has 0 unspecified atom stereocenters. The van der Waals surface area contributed by atoms with Crippen LogP contribution in [-0.2, 0) is 14.6 Å². The van der Waals surface area contributed by atoms with Gasteiger partial charge in [0.25, 0.3) is 0 Å². The van der Waals surface area contributed by atoms with Crippen LogP contribution < -0.4 is 14.8 Å². The molecule has 0 atom stereocenters. The Morgan fingerprint density at radius 3 is 2.52 bits per heavy atom. The molecule has 0 saturated carbocycles. The van der Waals surface area contributed by atoms with Gasteiger partial charge in [-0.25, -0.2) is 8.42 Å². The summed E-state index contributed by atoms with van der Waals surface area (Å²) in [6.45, 7) is 0. The number of hydrogen-bond donors (Lipinski definition) is 1. The van der Waals surface area contributed by atoms with Crippen LogP contribution in [0.3, 0.4) is 0 Å². The van der Waals surface area contributed by atoms with Gasteiger partial charge in [0.1, 0.15) is 21.5 Å². The number of hydrogen-bond acceptors (Lipinski definition) is 6. The van der Waals surface area contributed by atoms with Gasteiger partial charge in [-0.3, -0.25) is 4.79 Å². The Morgan fingerprint density at radius 2 is 1.96 bits per heavy atom. The Labute approximate surface area is 142 Å². The van der Waals surface area contributed by atoms with Crippen molar-refractivity contribution < 1.29 is 22.7 Å². The van der Waals surface area contributed by atoms with E-state index in [9.17, 15) is 13.2 Å². The third kappa shape index (κ3) is 4.37. The van der Waals surface area contributed by atoms with Crippen molar-refractivity contribution in [2.45, 2.75) is 4.21 Å². The van der Waals surface area contributed by atoms with Gasteiger partial charge in [0.2, 0.25) is 5.91 Å². The van der Waals surface area contributed by atoms with Crippen LogP contribution >= 0.6 is 22.9 Å². The van der Waals surface area contributed by atoms with Crippen LogP contribution in [0, 0.1) is 0 Å². The van der Waals surface area contributed by atoms with Crippen LogP contribution in [0.5, 0.6) is 11.5 Å². The third-order valence-corrected chi connectivity index (χ3v) is 6.29. The largest absolute Gasteiger partial charge is 0.497 e. The lowest BCUT2D eigenvalue weighted by atomic mass is 10.2. The van der Waals surface area contributed by atoms with Crippen molar-refractivity contribution in [3.63, 3.8) is 0 Å². The second-order valence-corrected chi connectivity index (χ2v) is 8.36. The highest BCUT2D eigenvalue weighted by atomic mass is 35.5. The molecular weight excluding hydrogens is 362 g/mol. The molecule has 0 aliphatic rings. The van der Waals surface area contributed by atoms with Gasteiger partial charge >= 0.3 is 0 Å². The molecule has 23 heavy (non-hydrogen) atoms. The molecule has 1 heterocycles. The van der Waals surface area contributed by atoms with Gasteiger partial charge in [-0.1, -0.05) is 11.6 Å². The van der Waals surface area contributed by atoms with Crippen molar-refractivity contribution in [1.82, 2.24) is 0 Å². The monoisotopic (exact) mass is 375 g/mol. The van der Waals surface area contributed by atoms with Crippen molar-refractivity contribution in [2.75, 3.05) is 25.3 Å². The van der Waals surface area contributed by atoms with Crippen LogP contribution in [0.25, 0.3) is 0 Å². The lowest BCUT2D eigenvalue weighted by Crippen LogP contribution is -2.22. The zero-order chi connectivity index (χ0) is 17.0. The Balaban J connectivity index is 2.16. The number of rotatable bonds is 6. The fourth-order valence-electron chi connectivity index (χ4n) is 1.81. The van der Waals surface area contributed by atoms with Crippen molar-refractivity contribution in [3.05, 3.63) is 34.7 Å². The standard InChI is InChI=1S/C14H14ClNO5S2/c1-20-9-3-4-11(21-2)10(7-9)16-13(17)8-23(18,19)14-6-5-12(15)22-14/h3-7H,8H2,1-2H3,(H,16,17). The van der Waals surface area contributed by atoms with E-state index in [1.807, 2.05) is 0 Å². The van der Waals surface area contributed by atoms with Gasteiger partial charge in [-0.05, 0) is 24.3 Å². The summed E-state index contributed by atoms with van der Waals surface area (Å²) in [5.41, 5.74) is 0.330. The summed E-state index contributed by atoms with van der Waals surface area (Å²) in [7, 11) is -0.813. The van der Waals surface area contributed by atoms with E-state index in [-0.39, 0.29) is 4.21 Å². The first-order valence-electron chi connectivity index (χ1n) is 6.35. The zero-order valence-corrected chi connectivity index (χ0v) is 14.7. The predicted octanol–water partition coefficient (Wildman–Crippen LogP) is 2.83. The average molecular weight is 376 g/mol. The second kappa shape index (κ2) is 7.20. The van der Waals surface area contributed by atoms with Gasteiger partial charge in [0.15, 0.2) is 9.84 Å². The van der Waals surface area contributed by atoms with E-state index in [0.717, 1.165) is 11.3 Å². The van der Waals surface area contributed by atoms with Crippen LogP contribution in [-0.4, -0.2) is 34.3 Å². The van der Waals surface area contributed by atoms with Gasteiger partial charge in [0.05, 0.1) is 24.2 Å². The minimum Gasteiger partial charge on any atom is -0.497 e. The highest BCUT2D eigenvalue weighted by Crippen LogP contribution is 2.30. The Morgan fingerprint density at radius 1 is 1.22 bits per heavy atom. The number of ether oxygens (including phenoxy) is 2. The quantitative estimate of drug-likeness (QED) is 0.839. The molecule has 6 nitrogen and oxygen atoms in total. The number of methoxy groups -OCH3 is 2. The van der Waals surface area contributed by atoms with Crippen LogP contribution in [0.4, 0.5) is 5.69 Å². The van der Waals surface area contributed by atoms with Crippen LogP contribution in [0.15, 0.2) is 34.5 Å². The predicted molar refractivity (Wildman–Crippen MR) is 89.6 cm³/mol. The molecule has 0 aliphatic carbocycles. The SMILES string of the molecule is COc1ccc(OC)c(NC(=O)CS(=O)(=O)c2ccc(Cl)s2)c1. The number of nitrogens with one attached hydrogen (secondary N) is 1. The summed E-state index contributed by atoms with van der Waals surface area (Å²) in [5.74, 6) is -0.463. The lowest BCUT2D eigenvalue weighted by Gasteiger charge is -2.11. The number of thiophene rings is 1. The van der Waals surface area contributed by atoms with Crippen LogP contribution in [0.2, 0.25) is 4.34 Å². The summed E-state index contributed by atoms with van der Waals surface area (Å²) < 4.78 is 34.9. The minimum atomic E-state index is -3.74. The van der Waals surface area contributed by atoms with E-state index in [1.54, 1.807) is 18.2 Å². The molecule has 0 aliphatic heterocycles. The molecule has 1 N–H and O–H groups in total. The van der Waals surface area contributed by atoms with Gasteiger partial charge in [-0.2, -0.15) is 0 Å². The smallest absolute Gasteiger partial charge is 0.240 e. The molecular formula is C14H14ClNO5S2. The van der Waals surface area contributed by atoms with Crippen molar-refractivity contribution in [1.29, 1.82) is 0 Å². The Bertz CT molecular complexity index is 816. The first-order valence-corrected chi connectivity index (χ1v) is 9.20. The van der Waals surface area contributed by atoms with Crippen molar-refractivity contribution in [2.24, 2.45) is 0 Å². The number of anilines is 1. The van der Waals surface area contributed by atoms with E-state index in [0.29, 0.717) is 21.5 Å². The molecule has 0 saturated heterocycles. The molecule has 0 bridgehead atoms. The molecule has 2 rings (SSSR count). The molecule has 2 aromatic rings. The number of sulfone groups is 1. The van der Waals surface area contributed by atoms with Gasteiger partial charge in [-0.15, -0.1) is 11.3 Å². The molecule has 124 valence electrons. The highest BCUT2D eigenvalue weighted by Gasteiger charge is 2.22. The fraction of sp³-hybridized carbons (Fsp3) is 0.214. The number of halogens is 1. The average Bonchev–Trinajstić information content (AvgIpc) is 2.94. The van der Waals surface area contributed by atoms with Gasteiger partial charge < -0.3 is 14.8 Å². The maximum Gasteiger partial charge on any atom is 0.240 e. The number of benzene rings is 1. The molecule has 9 heteroatoms. The first-order chi connectivity index (χ1) is 10.9. The first kappa shape index (κ1) is 17.6. The second-order valence-electron chi connectivity index (χ2n) is 4.43. The van der Waals surface area contributed by atoms with E-state index in [4.69, 9.17) is 21.1 Å². The summed E-state index contributed by atoms with van der Waals surface area (Å²) in [6, 6.07) is 7.68. The van der Waals surface area contributed by atoms with E-state index >= 15 is 0 Å². The van der Waals surface area contributed by atoms with Crippen molar-refractivity contribution in [3.8, 4) is 11.5 Å². The van der Waals surface area contributed by atoms with Crippen LogP contribution in [0.1, 0.15) is 0 Å². The summed E-state index contributed by atoms with van der Waals surface area (Å²) in [6.07, 6.45) is 0. The van der Waals surface area contributed by atoms with E-state index in [1.165, 1.54) is 26.4 Å². The topological polar surface area (TPSA) is 81.7 Å². The minimum absolute atomic E-state index is 0.0512. The number of amides is 1. The Hall–Kier alpha value is -1.77. The van der Waals surface area contributed by atoms with E-state index in [2.05, 4.69) is 5.32 Å². The molecule has 1 amide bonds. The highest BCUT2D eigenvalue weighted by molar-refractivity contribution is 7.94. The zero-order valence-electron chi connectivity index (χ0n) is 12.3. The number of carbonyl (C=O) groups is 1. The summed E-state index contributed by atoms with van der Waals surface area (Å²) >= 11 is 6.64. The van der Waals surface area contributed by atoms with Gasteiger partial charge in [0, 0.05) is 6.07 Å². The summed E-state index contributed by atoms with van der Waals surface area (Å²) in [5, 5.41) is 2.52. The molecule has 0 radical (unpaired) electrons. The normalized spacial score (nSPS) is 11.1.